The zero-order valence-electron chi connectivity index (χ0n) is 14.0. The van der Waals surface area contributed by atoms with Gasteiger partial charge in [-0.15, -0.1) is 0 Å². The van der Waals surface area contributed by atoms with E-state index in [-0.39, 0.29) is 22.0 Å². The van der Waals surface area contributed by atoms with Crippen molar-refractivity contribution in [2.45, 2.75) is 17.0 Å². The summed E-state index contributed by atoms with van der Waals surface area (Å²) in [7, 11) is -7.11. The summed E-state index contributed by atoms with van der Waals surface area (Å²) in [6.45, 7) is 0. The van der Waals surface area contributed by atoms with Gasteiger partial charge in [-0.3, -0.25) is 4.72 Å². The number of aliphatic hydroxyl groups excluding tert-OH is 1. The van der Waals surface area contributed by atoms with Crippen LogP contribution in [0.5, 0.6) is 0 Å². The number of sulfone groups is 1. The fourth-order valence-electron chi connectivity index (χ4n) is 2.76. The Labute approximate surface area is 157 Å². The van der Waals surface area contributed by atoms with Crippen LogP contribution in [0.2, 0.25) is 0 Å². The molecule has 0 aliphatic carbocycles. The Bertz CT molecular complexity index is 1090. The average Bonchev–Trinajstić information content (AvgIpc) is 2.88. The highest BCUT2D eigenvalue weighted by atomic mass is 32.2. The van der Waals surface area contributed by atoms with E-state index in [4.69, 9.17) is 5.26 Å². The van der Waals surface area contributed by atoms with E-state index >= 15 is 0 Å². The zero-order chi connectivity index (χ0) is 19.7. The molecular formula is C17H17N3O5S2. The van der Waals surface area contributed by atoms with Crippen molar-refractivity contribution in [2.24, 2.45) is 0 Å². The molecule has 1 aliphatic heterocycles. The van der Waals surface area contributed by atoms with E-state index in [1.807, 2.05) is 6.07 Å². The maximum Gasteiger partial charge on any atom is 0.261 e. The van der Waals surface area contributed by atoms with Crippen molar-refractivity contribution < 1.29 is 21.9 Å². The number of sulfonamides is 1. The van der Waals surface area contributed by atoms with Crippen molar-refractivity contribution in [3.63, 3.8) is 0 Å². The van der Waals surface area contributed by atoms with Crippen LogP contribution in [0.25, 0.3) is 0 Å². The van der Waals surface area contributed by atoms with Crippen molar-refractivity contribution >= 4 is 31.2 Å². The van der Waals surface area contributed by atoms with Gasteiger partial charge in [-0.25, -0.2) is 16.8 Å². The first-order valence-corrected chi connectivity index (χ1v) is 11.3. The number of hydrogen-bond acceptors (Lipinski definition) is 7. The van der Waals surface area contributed by atoms with Crippen molar-refractivity contribution in [3.05, 3.63) is 54.1 Å². The Kier molecular flexibility index (Phi) is 5.10. The second-order valence-electron chi connectivity index (χ2n) is 6.22. The predicted octanol–water partition coefficient (Wildman–Crippen LogP) is 0.929. The third-order valence-corrected chi connectivity index (χ3v) is 7.18. The van der Waals surface area contributed by atoms with E-state index in [0.717, 1.165) is 0 Å². The van der Waals surface area contributed by atoms with Crippen LogP contribution >= 0.6 is 0 Å². The number of benzene rings is 2. The lowest BCUT2D eigenvalue weighted by atomic mass is 10.2. The number of aliphatic hydroxyl groups is 1. The lowest BCUT2D eigenvalue weighted by Gasteiger charge is -2.16. The Balaban J connectivity index is 1.71. The molecule has 0 radical (unpaired) electrons. The fraction of sp³-hybridized carbons (Fsp3) is 0.235. The van der Waals surface area contributed by atoms with E-state index in [1.54, 1.807) is 12.1 Å². The summed E-state index contributed by atoms with van der Waals surface area (Å²) in [5, 5.41) is 21.6. The Morgan fingerprint density at radius 1 is 1.07 bits per heavy atom. The summed E-state index contributed by atoms with van der Waals surface area (Å²) >= 11 is 0. The molecule has 10 heteroatoms. The summed E-state index contributed by atoms with van der Waals surface area (Å²) in [4.78, 5) is -0.0250. The number of nitrogens with zero attached hydrogens (tertiary/aromatic N) is 1. The van der Waals surface area contributed by atoms with Gasteiger partial charge >= 0.3 is 0 Å². The first kappa shape index (κ1) is 19.2. The topological polar surface area (TPSA) is 136 Å². The van der Waals surface area contributed by atoms with Gasteiger partial charge in [0.15, 0.2) is 9.84 Å². The highest BCUT2D eigenvalue weighted by Crippen LogP contribution is 2.22. The van der Waals surface area contributed by atoms with Crippen molar-refractivity contribution in [3.8, 4) is 6.07 Å². The molecule has 0 unspecified atom stereocenters. The number of rotatable bonds is 5. The van der Waals surface area contributed by atoms with Crippen molar-refractivity contribution in [1.29, 1.82) is 5.26 Å². The van der Waals surface area contributed by atoms with Crippen LogP contribution in [0.1, 0.15) is 5.56 Å². The average molecular weight is 407 g/mol. The molecule has 2 aromatic carbocycles. The van der Waals surface area contributed by atoms with Crippen LogP contribution in [0.4, 0.5) is 11.4 Å². The van der Waals surface area contributed by atoms with E-state index in [2.05, 4.69) is 10.0 Å². The van der Waals surface area contributed by atoms with Gasteiger partial charge in [0.05, 0.1) is 40.2 Å². The molecular weight excluding hydrogens is 390 g/mol. The minimum absolute atomic E-state index is 0.0250. The molecule has 8 nitrogen and oxygen atoms in total. The molecule has 0 bridgehead atoms. The molecule has 0 aromatic heterocycles. The monoisotopic (exact) mass is 407 g/mol. The van der Waals surface area contributed by atoms with Gasteiger partial charge in [0, 0.05) is 11.4 Å². The number of anilines is 2. The molecule has 0 saturated carbocycles. The number of nitrogens with one attached hydrogen (secondary N) is 2. The van der Waals surface area contributed by atoms with Crippen LogP contribution in [0, 0.1) is 11.3 Å². The lowest BCUT2D eigenvalue weighted by Crippen LogP contribution is -2.31. The molecule has 1 aliphatic rings. The summed E-state index contributed by atoms with van der Waals surface area (Å²) in [6.07, 6.45) is -0.986. The molecule has 27 heavy (non-hydrogen) atoms. The van der Waals surface area contributed by atoms with Crippen LogP contribution in [-0.2, 0) is 19.9 Å². The van der Waals surface area contributed by atoms with Gasteiger partial charge in [-0.1, -0.05) is 6.07 Å². The molecule has 2 atom stereocenters. The third-order valence-electron chi connectivity index (χ3n) is 4.09. The standard InChI is InChI=1S/C17H17N3O5S2/c18-9-12-2-1-3-15(8-12)27(24,25)20-14-6-4-13(5-7-14)19-16-10-26(22,23)11-17(16)21/h1-8,16-17,19-21H,10-11H2/t16-,17-/m0/s1. The molecule has 1 fully saturated rings. The summed E-state index contributed by atoms with van der Waals surface area (Å²) in [5.41, 5.74) is 1.11. The molecule has 0 spiro atoms. The van der Waals surface area contributed by atoms with Gasteiger partial charge < -0.3 is 10.4 Å². The van der Waals surface area contributed by atoms with Crippen molar-refractivity contribution in [2.75, 3.05) is 21.5 Å². The van der Waals surface area contributed by atoms with Gasteiger partial charge in [0.1, 0.15) is 0 Å². The summed E-state index contributed by atoms with van der Waals surface area (Å²) in [5.74, 6) is -0.428. The minimum atomic E-state index is -3.85. The van der Waals surface area contributed by atoms with Gasteiger partial charge in [0.25, 0.3) is 10.0 Å². The normalized spacial score (nSPS) is 21.3. The highest BCUT2D eigenvalue weighted by molar-refractivity contribution is 7.92. The maximum absolute atomic E-state index is 12.4. The van der Waals surface area contributed by atoms with E-state index in [0.29, 0.717) is 11.4 Å². The number of nitriles is 1. The summed E-state index contributed by atoms with van der Waals surface area (Å²) < 4.78 is 50.3. The summed E-state index contributed by atoms with van der Waals surface area (Å²) in [6, 6.07) is 13.2. The molecule has 3 rings (SSSR count). The Hall–Kier alpha value is -2.61. The second-order valence-corrected chi connectivity index (χ2v) is 10.1. The first-order valence-electron chi connectivity index (χ1n) is 7.97. The Morgan fingerprint density at radius 2 is 1.74 bits per heavy atom. The van der Waals surface area contributed by atoms with Crippen molar-refractivity contribution in [1.82, 2.24) is 0 Å². The molecule has 0 amide bonds. The Morgan fingerprint density at radius 3 is 2.33 bits per heavy atom. The highest BCUT2D eigenvalue weighted by Gasteiger charge is 2.36. The van der Waals surface area contributed by atoms with E-state index < -0.39 is 32.0 Å². The molecule has 1 saturated heterocycles. The minimum Gasteiger partial charge on any atom is -0.390 e. The second kappa shape index (κ2) is 7.19. The van der Waals surface area contributed by atoms with Crippen LogP contribution in [0.3, 0.4) is 0 Å². The van der Waals surface area contributed by atoms with Gasteiger partial charge in [-0.05, 0) is 42.5 Å². The first-order chi connectivity index (χ1) is 12.7. The van der Waals surface area contributed by atoms with E-state index in [9.17, 15) is 21.9 Å². The van der Waals surface area contributed by atoms with Crippen LogP contribution < -0.4 is 10.0 Å². The molecule has 1 heterocycles. The molecule has 142 valence electrons. The maximum atomic E-state index is 12.4. The smallest absolute Gasteiger partial charge is 0.261 e. The van der Waals surface area contributed by atoms with Gasteiger partial charge in [0.2, 0.25) is 0 Å². The third kappa shape index (κ3) is 4.57. The quantitative estimate of drug-likeness (QED) is 0.670. The lowest BCUT2D eigenvalue weighted by molar-refractivity contribution is 0.190. The molecule has 3 N–H and O–H groups in total. The predicted molar refractivity (Wildman–Crippen MR) is 100 cm³/mol. The van der Waals surface area contributed by atoms with Crippen LogP contribution in [0.15, 0.2) is 53.4 Å². The zero-order valence-corrected chi connectivity index (χ0v) is 15.7. The SMILES string of the molecule is N#Cc1cccc(S(=O)(=O)Nc2ccc(N[C@H]3CS(=O)(=O)C[C@@H]3O)cc2)c1. The van der Waals surface area contributed by atoms with Crippen LogP contribution in [-0.4, -0.2) is 45.6 Å². The number of hydrogen-bond donors (Lipinski definition) is 3. The van der Waals surface area contributed by atoms with Gasteiger partial charge in [-0.2, -0.15) is 5.26 Å². The molecule has 2 aromatic rings. The van der Waals surface area contributed by atoms with E-state index in [1.165, 1.54) is 36.4 Å². The fourth-order valence-corrected chi connectivity index (χ4v) is 5.61. The largest absolute Gasteiger partial charge is 0.390 e.